The summed E-state index contributed by atoms with van der Waals surface area (Å²) in [4.78, 5) is 20.2. The van der Waals surface area contributed by atoms with Gasteiger partial charge in [0.2, 0.25) is 15.0 Å². The molecule has 0 saturated heterocycles. The van der Waals surface area contributed by atoms with Crippen LogP contribution in [0.3, 0.4) is 0 Å². The molecular weight excluding hydrogens is 350 g/mol. The molecule has 3 rings (SSSR count). The van der Waals surface area contributed by atoms with Crippen LogP contribution in [0.25, 0.3) is 0 Å². The summed E-state index contributed by atoms with van der Waals surface area (Å²) in [6, 6.07) is 2.31. The van der Waals surface area contributed by atoms with Crippen LogP contribution in [0.15, 0.2) is 22.1 Å². The predicted molar refractivity (Wildman–Crippen MR) is 87.2 cm³/mol. The summed E-state index contributed by atoms with van der Waals surface area (Å²) in [6.07, 6.45) is 1.35. The summed E-state index contributed by atoms with van der Waals surface area (Å²) in [5.74, 6) is -0.938. The van der Waals surface area contributed by atoms with E-state index >= 15 is 0 Å². The largest absolute Gasteiger partial charge is 0.507 e. The van der Waals surface area contributed by atoms with E-state index in [0.29, 0.717) is 29.8 Å². The number of phenols is 3. The van der Waals surface area contributed by atoms with Crippen LogP contribution >= 0.6 is 0 Å². The summed E-state index contributed by atoms with van der Waals surface area (Å²) in [6.45, 7) is 0.960. The standard InChI is InChI=1S/C15H17N3O6S/c1-25(23,24)15-16-10-7-18(3-2-9(10)14(22)17-15)6-8-4-12(20)13(21)5-11(8)19/h4-5,19-21H,2-3,6-7H2,1H3,(H,16,17,22). The molecule has 0 fully saturated rings. The van der Waals surface area contributed by atoms with E-state index in [1.807, 2.05) is 4.90 Å². The molecule has 10 heteroatoms. The fraction of sp³-hybridized carbons (Fsp3) is 0.333. The molecule has 9 nitrogen and oxygen atoms in total. The van der Waals surface area contributed by atoms with Gasteiger partial charge in [0.15, 0.2) is 11.5 Å². The smallest absolute Gasteiger partial charge is 0.255 e. The number of H-pyrrole nitrogens is 1. The van der Waals surface area contributed by atoms with Gasteiger partial charge in [0.1, 0.15) is 5.75 Å². The average Bonchev–Trinajstić information content (AvgIpc) is 2.51. The van der Waals surface area contributed by atoms with E-state index < -0.39 is 21.1 Å². The number of hydrogen-bond donors (Lipinski definition) is 4. The van der Waals surface area contributed by atoms with Crippen molar-refractivity contribution >= 4 is 9.84 Å². The molecule has 0 radical (unpaired) electrons. The number of aromatic nitrogens is 2. The molecule has 2 heterocycles. The molecule has 25 heavy (non-hydrogen) atoms. The Bertz CT molecular complexity index is 999. The molecule has 0 saturated carbocycles. The van der Waals surface area contributed by atoms with Crippen molar-refractivity contribution in [1.29, 1.82) is 0 Å². The van der Waals surface area contributed by atoms with Gasteiger partial charge in [-0.2, -0.15) is 0 Å². The van der Waals surface area contributed by atoms with Crippen molar-refractivity contribution in [3.63, 3.8) is 0 Å². The lowest BCUT2D eigenvalue weighted by Crippen LogP contribution is -2.35. The zero-order valence-electron chi connectivity index (χ0n) is 13.4. The third kappa shape index (κ3) is 3.44. The first-order chi connectivity index (χ1) is 11.6. The van der Waals surface area contributed by atoms with Crippen molar-refractivity contribution in [2.75, 3.05) is 12.8 Å². The molecule has 4 N–H and O–H groups in total. The minimum absolute atomic E-state index is 0.170. The first-order valence-electron chi connectivity index (χ1n) is 7.43. The maximum atomic E-state index is 12.1. The monoisotopic (exact) mass is 367 g/mol. The van der Waals surface area contributed by atoms with Gasteiger partial charge < -0.3 is 15.3 Å². The van der Waals surface area contributed by atoms with Gasteiger partial charge in [-0.05, 0) is 12.5 Å². The van der Waals surface area contributed by atoms with Crippen molar-refractivity contribution in [1.82, 2.24) is 14.9 Å². The van der Waals surface area contributed by atoms with Crippen LogP contribution in [0.2, 0.25) is 0 Å². The second-order valence-electron chi connectivity index (χ2n) is 6.00. The van der Waals surface area contributed by atoms with Crippen molar-refractivity contribution in [3.05, 3.63) is 39.3 Å². The van der Waals surface area contributed by atoms with Crippen molar-refractivity contribution < 1.29 is 23.7 Å². The Balaban J connectivity index is 1.90. The molecule has 1 aromatic carbocycles. The lowest BCUT2D eigenvalue weighted by atomic mass is 10.1. The molecule has 0 aliphatic carbocycles. The summed E-state index contributed by atoms with van der Waals surface area (Å²) >= 11 is 0. The number of aromatic amines is 1. The number of nitrogens with one attached hydrogen (secondary N) is 1. The number of nitrogens with zero attached hydrogens (tertiary/aromatic N) is 2. The first-order valence-corrected chi connectivity index (χ1v) is 9.32. The van der Waals surface area contributed by atoms with Crippen molar-refractivity contribution in [3.8, 4) is 17.2 Å². The summed E-state index contributed by atoms with van der Waals surface area (Å²) in [5.41, 5.74) is 0.751. The van der Waals surface area contributed by atoms with Gasteiger partial charge in [-0.1, -0.05) is 0 Å². The molecule has 2 aromatic rings. The van der Waals surface area contributed by atoms with Crippen LogP contribution in [0, 0.1) is 0 Å². The number of sulfone groups is 1. The van der Waals surface area contributed by atoms with Crippen LogP contribution in [0.4, 0.5) is 0 Å². The highest BCUT2D eigenvalue weighted by Crippen LogP contribution is 2.33. The Morgan fingerprint density at radius 2 is 1.88 bits per heavy atom. The minimum Gasteiger partial charge on any atom is -0.507 e. The van der Waals surface area contributed by atoms with E-state index in [-0.39, 0.29) is 29.7 Å². The fourth-order valence-corrected chi connectivity index (χ4v) is 3.31. The molecule has 1 aliphatic rings. The first kappa shape index (κ1) is 17.2. The molecule has 0 amide bonds. The van der Waals surface area contributed by atoms with E-state index in [1.165, 1.54) is 6.07 Å². The van der Waals surface area contributed by atoms with E-state index in [2.05, 4.69) is 9.97 Å². The van der Waals surface area contributed by atoms with Gasteiger partial charge in [-0.25, -0.2) is 13.4 Å². The second-order valence-corrected chi connectivity index (χ2v) is 7.93. The second kappa shape index (κ2) is 6.05. The summed E-state index contributed by atoms with van der Waals surface area (Å²) in [5, 5.41) is 28.5. The molecule has 134 valence electrons. The Kier molecular flexibility index (Phi) is 4.17. The topological polar surface area (TPSA) is 144 Å². The third-order valence-electron chi connectivity index (χ3n) is 4.05. The lowest BCUT2D eigenvalue weighted by molar-refractivity contribution is 0.235. The van der Waals surface area contributed by atoms with Gasteiger partial charge in [0.25, 0.3) is 5.56 Å². The fourth-order valence-electron chi connectivity index (χ4n) is 2.76. The van der Waals surface area contributed by atoms with Gasteiger partial charge >= 0.3 is 0 Å². The van der Waals surface area contributed by atoms with E-state index in [4.69, 9.17) is 0 Å². The van der Waals surface area contributed by atoms with Crippen LogP contribution in [-0.4, -0.2) is 51.4 Å². The van der Waals surface area contributed by atoms with Crippen LogP contribution in [0.1, 0.15) is 16.8 Å². The number of aromatic hydroxyl groups is 3. The Morgan fingerprint density at radius 1 is 1.20 bits per heavy atom. The maximum Gasteiger partial charge on any atom is 0.255 e. The zero-order chi connectivity index (χ0) is 18.4. The summed E-state index contributed by atoms with van der Waals surface area (Å²) < 4.78 is 23.3. The molecule has 0 unspecified atom stereocenters. The molecule has 1 aromatic heterocycles. The van der Waals surface area contributed by atoms with Gasteiger partial charge in [-0.15, -0.1) is 0 Å². The molecule has 1 aliphatic heterocycles. The average molecular weight is 367 g/mol. The number of hydrogen-bond acceptors (Lipinski definition) is 8. The van der Waals surface area contributed by atoms with E-state index in [1.54, 1.807) is 0 Å². The molecular formula is C15H17N3O6S. The lowest BCUT2D eigenvalue weighted by Gasteiger charge is -2.27. The van der Waals surface area contributed by atoms with Gasteiger partial charge in [0.05, 0.1) is 5.69 Å². The molecule has 0 bridgehead atoms. The highest BCUT2D eigenvalue weighted by atomic mass is 32.2. The highest BCUT2D eigenvalue weighted by Gasteiger charge is 2.24. The van der Waals surface area contributed by atoms with E-state index in [9.17, 15) is 28.5 Å². The highest BCUT2D eigenvalue weighted by molar-refractivity contribution is 7.90. The van der Waals surface area contributed by atoms with Crippen molar-refractivity contribution in [2.45, 2.75) is 24.7 Å². The van der Waals surface area contributed by atoms with Crippen molar-refractivity contribution in [2.24, 2.45) is 0 Å². The molecule has 0 spiro atoms. The quantitative estimate of drug-likeness (QED) is 0.333. The van der Waals surface area contributed by atoms with Crippen LogP contribution in [0.5, 0.6) is 17.2 Å². The van der Waals surface area contributed by atoms with E-state index in [0.717, 1.165) is 12.3 Å². The third-order valence-corrected chi connectivity index (χ3v) is 4.95. The Hall–Kier alpha value is -2.59. The predicted octanol–water partition coefficient (Wildman–Crippen LogP) is -0.152. The zero-order valence-corrected chi connectivity index (χ0v) is 14.2. The van der Waals surface area contributed by atoms with Gasteiger partial charge in [0, 0.05) is 43.1 Å². The van der Waals surface area contributed by atoms with Crippen LogP contribution in [-0.2, 0) is 29.3 Å². The number of benzene rings is 1. The maximum absolute atomic E-state index is 12.1. The van der Waals surface area contributed by atoms with Gasteiger partial charge in [-0.3, -0.25) is 14.7 Å². The Labute approximate surface area is 143 Å². The Morgan fingerprint density at radius 3 is 2.56 bits per heavy atom. The van der Waals surface area contributed by atoms with Crippen LogP contribution < -0.4 is 5.56 Å². The molecule has 0 atom stereocenters. The summed E-state index contributed by atoms with van der Waals surface area (Å²) in [7, 11) is -3.64. The minimum atomic E-state index is -3.64. The number of fused-ring (bicyclic) bond motifs is 1. The number of rotatable bonds is 3. The normalized spacial score (nSPS) is 15.1. The SMILES string of the molecule is CS(=O)(=O)c1nc2c(c(=O)[nH]1)CCN(Cc1cc(O)c(O)cc1O)C2. The number of phenolic OH excluding ortho intramolecular Hbond substituents is 3.